The van der Waals surface area contributed by atoms with Crippen LogP contribution in [0.15, 0.2) is 47.1 Å². The third kappa shape index (κ3) is 3.14. The van der Waals surface area contributed by atoms with E-state index in [4.69, 9.17) is 9.52 Å². The SMILES string of the molecule is Cc1ccccc1Cn1c(C(=O)NCCCO)cc2occc21. The third-order valence-electron chi connectivity index (χ3n) is 3.97. The van der Waals surface area contributed by atoms with Gasteiger partial charge in [0, 0.05) is 31.8 Å². The van der Waals surface area contributed by atoms with E-state index in [-0.39, 0.29) is 12.5 Å². The minimum Gasteiger partial charge on any atom is -0.463 e. The van der Waals surface area contributed by atoms with Crippen molar-refractivity contribution in [2.45, 2.75) is 19.9 Å². The maximum Gasteiger partial charge on any atom is 0.268 e. The van der Waals surface area contributed by atoms with Crippen molar-refractivity contribution in [1.29, 1.82) is 0 Å². The van der Waals surface area contributed by atoms with Crippen molar-refractivity contribution in [3.63, 3.8) is 0 Å². The second-order valence-electron chi connectivity index (χ2n) is 5.55. The van der Waals surface area contributed by atoms with Gasteiger partial charge in [-0.05, 0) is 24.5 Å². The van der Waals surface area contributed by atoms with Crippen LogP contribution in [0.1, 0.15) is 28.0 Å². The molecule has 2 N–H and O–H groups in total. The summed E-state index contributed by atoms with van der Waals surface area (Å²) in [6.07, 6.45) is 2.17. The first-order valence-corrected chi connectivity index (χ1v) is 7.71. The van der Waals surface area contributed by atoms with Gasteiger partial charge in [-0.2, -0.15) is 0 Å². The Morgan fingerprint density at radius 2 is 2.13 bits per heavy atom. The quantitative estimate of drug-likeness (QED) is 0.688. The minimum atomic E-state index is -0.154. The highest BCUT2D eigenvalue weighted by Crippen LogP contribution is 2.23. The van der Waals surface area contributed by atoms with E-state index in [1.54, 1.807) is 12.3 Å². The van der Waals surface area contributed by atoms with E-state index in [0.717, 1.165) is 11.1 Å². The number of nitrogens with zero attached hydrogens (tertiary/aromatic N) is 1. The number of aryl methyl sites for hydroxylation is 1. The lowest BCUT2D eigenvalue weighted by atomic mass is 10.1. The number of aliphatic hydroxyl groups excluding tert-OH is 1. The maximum atomic E-state index is 12.4. The van der Waals surface area contributed by atoms with Gasteiger partial charge in [0.1, 0.15) is 5.69 Å². The smallest absolute Gasteiger partial charge is 0.268 e. The van der Waals surface area contributed by atoms with Gasteiger partial charge in [-0.25, -0.2) is 0 Å². The molecule has 1 aromatic carbocycles. The standard InChI is InChI=1S/C18H20N2O3/c1-13-5-2-3-6-14(13)12-20-15-7-10-23-17(15)11-16(20)18(22)19-8-4-9-21/h2-3,5-7,10-11,21H,4,8-9,12H2,1H3,(H,19,22). The van der Waals surface area contributed by atoms with Crippen LogP contribution in [0.4, 0.5) is 0 Å². The summed E-state index contributed by atoms with van der Waals surface area (Å²) in [4.78, 5) is 12.4. The summed E-state index contributed by atoms with van der Waals surface area (Å²) in [7, 11) is 0. The molecular weight excluding hydrogens is 292 g/mol. The summed E-state index contributed by atoms with van der Waals surface area (Å²) in [5, 5.41) is 11.7. The Kier molecular flexibility index (Phi) is 4.48. The van der Waals surface area contributed by atoms with Crippen LogP contribution in [0.25, 0.3) is 11.1 Å². The fraction of sp³-hybridized carbons (Fsp3) is 0.278. The molecule has 1 amide bonds. The summed E-state index contributed by atoms with van der Waals surface area (Å²) in [6.45, 7) is 3.18. The maximum absolute atomic E-state index is 12.4. The lowest BCUT2D eigenvalue weighted by molar-refractivity contribution is 0.0942. The highest BCUT2D eigenvalue weighted by molar-refractivity contribution is 5.97. The Labute approximate surface area is 134 Å². The monoisotopic (exact) mass is 312 g/mol. The van der Waals surface area contributed by atoms with Gasteiger partial charge < -0.3 is 19.4 Å². The predicted octanol–water partition coefficient (Wildman–Crippen LogP) is 2.70. The largest absolute Gasteiger partial charge is 0.463 e. The topological polar surface area (TPSA) is 67.4 Å². The van der Waals surface area contributed by atoms with Gasteiger partial charge in [0.2, 0.25) is 0 Å². The molecule has 23 heavy (non-hydrogen) atoms. The van der Waals surface area contributed by atoms with Crippen molar-refractivity contribution < 1.29 is 14.3 Å². The zero-order valence-corrected chi connectivity index (χ0v) is 13.1. The van der Waals surface area contributed by atoms with Crippen molar-refractivity contribution in [2.75, 3.05) is 13.2 Å². The van der Waals surface area contributed by atoms with E-state index >= 15 is 0 Å². The summed E-state index contributed by atoms with van der Waals surface area (Å²) in [6, 6.07) is 11.8. The zero-order valence-electron chi connectivity index (χ0n) is 13.1. The number of hydrogen-bond donors (Lipinski definition) is 2. The average molecular weight is 312 g/mol. The molecule has 0 bridgehead atoms. The minimum absolute atomic E-state index is 0.0624. The van der Waals surface area contributed by atoms with Crippen LogP contribution in [0.2, 0.25) is 0 Å². The zero-order chi connectivity index (χ0) is 16.2. The molecule has 0 unspecified atom stereocenters. The first kappa shape index (κ1) is 15.4. The summed E-state index contributed by atoms with van der Waals surface area (Å²) in [5.41, 5.74) is 4.52. The molecule has 3 rings (SSSR count). The van der Waals surface area contributed by atoms with E-state index in [1.165, 1.54) is 5.56 Å². The molecule has 5 heteroatoms. The fourth-order valence-electron chi connectivity index (χ4n) is 2.66. The van der Waals surface area contributed by atoms with Crippen molar-refractivity contribution in [1.82, 2.24) is 9.88 Å². The molecule has 2 heterocycles. The molecule has 2 aromatic heterocycles. The fourth-order valence-corrected chi connectivity index (χ4v) is 2.66. The highest BCUT2D eigenvalue weighted by atomic mass is 16.3. The average Bonchev–Trinajstić information content (AvgIpc) is 3.12. The molecule has 0 radical (unpaired) electrons. The Balaban J connectivity index is 1.94. The van der Waals surface area contributed by atoms with Gasteiger partial charge >= 0.3 is 0 Å². The van der Waals surface area contributed by atoms with Gasteiger partial charge in [0.25, 0.3) is 5.91 Å². The van der Waals surface area contributed by atoms with Crippen LogP contribution in [0.3, 0.4) is 0 Å². The molecule has 0 saturated heterocycles. The van der Waals surface area contributed by atoms with Gasteiger partial charge in [-0.15, -0.1) is 0 Å². The van der Waals surface area contributed by atoms with Crippen LogP contribution in [0, 0.1) is 6.92 Å². The van der Waals surface area contributed by atoms with E-state index in [2.05, 4.69) is 24.4 Å². The van der Waals surface area contributed by atoms with E-state index in [0.29, 0.717) is 30.8 Å². The lowest BCUT2D eigenvalue weighted by Crippen LogP contribution is -2.27. The van der Waals surface area contributed by atoms with Gasteiger partial charge in [-0.1, -0.05) is 24.3 Å². The first-order chi connectivity index (χ1) is 11.2. The Bertz CT molecular complexity index is 817. The normalized spacial score (nSPS) is 11.0. The number of aliphatic hydroxyl groups is 1. The number of hydrogen-bond acceptors (Lipinski definition) is 3. The number of amides is 1. The number of carbonyl (C=O) groups excluding carboxylic acids is 1. The summed E-state index contributed by atoms with van der Waals surface area (Å²) < 4.78 is 7.41. The third-order valence-corrected chi connectivity index (χ3v) is 3.97. The molecule has 0 aliphatic heterocycles. The number of rotatable bonds is 6. The van der Waals surface area contributed by atoms with Crippen LogP contribution in [0.5, 0.6) is 0 Å². The van der Waals surface area contributed by atoms with Crippen LogP contribution < -0.4 is 5.32 Å². The van der Waals surface area contributed by atoms with E-state index < -0.39 is 0 Å². The van der Waals surface area contributed by atoms with Gasteiger partial charge in [0.15, 0.2) is 5.58 Å². The Morgan fingerprint density at radius 3 is 2.91 bits per heavy atom. The second-order valence-corrected chi connectivity index (χ2v) is 5.55. The molecule has 0 saturated carbocycles. The van der Waals surface area contributed by atoms with Crippen molar-refractivity contribution >= 4 is 17.0 Å². The molecule has 0 spiro atoms. The number of aromatic nitrogens is 1. The molecule has 0 fully saturated rings. The van der Waals surface area contributed by atoms with Crippen molar-refractivity contribution in [3.8, 4) is 0 Å². The predicted molar refractivity (Wildman–Crippen MR) is 88.5 cm³/mol. The van der Waals surface area contributed by atoms with Crippen LogP contribution >= 0.6 is 0 Å². The molecule has 0 aliphatic carbocycles. The first-order valence-electron chi connectivity index (χ1n) is 7.71. The van der Waals surface area contributed by atoms with Crippen LogP contribution in [-0.2, 0) is 6.54 Å². The molecule has 3 aromatic rings. The number of furan rings is 1. The molecule has 5 nitrogen and oxygen atoms in total. The molecule has 0 atom stereocenters. The van der Waals surface area contributed by atoms with Gasteiger partial charge in [0.05, 0.1) is 11.8 Å². The molecule has 0 aliphatic rings. The summed E-state index contributed by atoms with van der Waals surface area (Å²) in [5.74, 6) is -0.154. The van der Waals surface area contributed by atoms with E-state index in [9.17, 15) is 4.79 Å². The second kappa shape index (κ2) is 6.71. The Hall–Kier alpha value is -2.53. The van der Waals surface area contributed by atoms with Crippen LogP contribution in [-0.4, -0.2) is 28.7 Å². The van der Waals surface area contributed by atoms with Crippen molar-refractivity contribution in [2.24, 2.45) is 0 Å². The van der Waals surface area contributed by atoms with Crippen molar-refractivity contribution in [3.05, 3.63) is 59.5 Å². The van der Waals surface area contributed by atoms with E-state index in [1.807, 2.05) is 22.8 Å². The number of benzene rings is 1. The molecular formula is C18H20N2O3. The summed E-state index contributed by atoms with van der Waals surface area (Å²) >= 11 is 0. The highest BCUT2D eigenvalue weighted by Gasteiger charge is 2.17. The molecule has 120 valence electrons. The number of nitrogens with one attached hydrogen (secondary N) is 1. The number of fused-ring (bicyclic) bond motifs is 1. The Morgan fingerprint density at radius 1 is 1.30 bits per heavy atom. The number of carbonyl (C=O) groups is 1. The van der Waals surface area contributed by atoms with Gasteiger partial charge in [-0.3, -0.25) is 4.79 Å². The lowest BCUT2D eigenvalue weighted by Gasteiger charge is -2.12.